The van der Waals surface area contributed by atoms with Gasteiger partial charge in [0.2, 0.25) is 0 Å². The Morgan fingerprint density at radius 1 is 1.00 bits per heavy atom. The Morgan fingerprint density at radius 3 is 2.58 bits per heavy atom. The molecule has 0 aromatic heterocycles. The lowest BCUT2D eigenvalue weighted by Crippen LogP contribution is -2.26. The Kier molecular flexibility index (Phi) is 3.51. The highest BCUT2D eigenvalue weighted by molar-refractivity contribution is 5.32. The molecule has 2 aromatic rings. The number of likely N-dealkylation sites (N-methyl/N-ethyl adjacent to an activating group) is 1. The number of benzene rings is 2. The second-order valence-corrected chi connectivity index (χ2v) is 5.13. The molecule has 2 nitrogen and oxygen atoms in total. The zero-order chi connectivity index (χ0) is 13.1. The predicted molar refractivity (Wildman–Crippen MR) is 77.5 cm³/mol. The van der Waals surface area contributed by atoms with Gasteiger partial charge in [0.1, 0.15) is 11.9 Å². The highest BCUT2D eigenvalue weighted by Crippen LogP contribution is 2.27. The minimum absolute atomic E-state index is 0.117. The Labute approximate surface area is 114 Å². The van der Waals surface area contributed by atoms with Crippen molar-refractivity contribution >= 4 is 0 Å². The fraction of sp³-hybridized carbons (Fsp3) is 0.294. The molecule has 0 radical (unpaired) electrons. The monoisotopic (exact) mass is 253 g/mol. The molecule has 0 aliphatic carbocycles. The molecule has 0 fully saturated rings. The van der Waals surface area contributed by atoms with Crippen molar-refractivity contribution in [2.24, 2.45) is 0 Å². The van der Waals surface area contributed by atoms with Crippen LogP contribution < -0.4 is 4.74 Å². The van der Waals surface area contributed by atoms with E-state index >= 15 is 0 Å². The van der Waals surface area contributed by atoms with E-state index in [1.807, 2.05) is 30.3 Å². The lowest BCUT2D eigenvalue weighted by atomic mass is 10.0. The molecule has 19 heavy (non-hydrogen) atoms. The van der Waals surface area contributed by atoms with Crippen LogP contribution >= 0.6 is 0 Å². The van der Waals surface area contributed by atoms with Crippen molar-refractivity contribution in [3.05, 3.63) is 65.7 Å². The molecule has 98 valence electrons. The number of hydrogen-bond acceptors (Lipinski definition) is 2. The number of para-hydroxylation sites is 1. The number of rotatable bonds is 2. The molecular weight excluding hydrogens is 234 g/mol. The summed E-state index contributed by atoms with van der Waals surface area (Å²) >= 11 is 0. The summed E-state index contributed by atoms with van der Waals surface area (Å²) in [6.45, 7) is 2.03. The normalized spacial score (nSPS) is 19.5. The first-order chi connectivity index (χ1) is 9.33. The van der Waals surface area contributed by atoms with Crippen molar-refractivity contribution in [2.75, 3.05) is 20.1 Å². The zero-order valence-electron chi connectivity index (χ0n) is 11.3. The maximum absolute atomic E-state index is 6.19. The summed E-state index contributed by atoms with van der Waals surface area (Å²) < 4.78 is 6.19. The summed E-state index contributed by atoms with van der Waals surface area (Å²) in [4.78, 5) is 2.34. The van der Waals surface area contributed by atoms with E-state index in [-0.39, 0.29) is 6.10 Å². The first-order valence-corrected chi connectivity index (χ1v) is 6.81. The summed E-state index contributed by atoms with van der Waals surface area (Å²) in [6, 6.07) is 18.7. The van der Waals surface area contributed by atoms with Crippen LogP contribution in [0.15, 0.2) is 54.6 Å². The number of ether oxygens (including phenoxy) is 1. The summed E-state index contributed by atoms with van der Waals surface area (Å²) in [5, 5.41) is 0. The van der Waals surface area contributed by atoms with Gasteiger partial charge in [-0.1, -0.05) is 42.5 Å². The van der Waals surface area contributed by atoms with E-state index in [9.17, 15) is 0 Å². The van der Waals surface area contributed by atoms with Crippen LogP contribution in [0.1, 0.15) is 17.2 Å². The van der Waals surface area contributed by atoms with Crippen LogP contribution in [0.5, 0.6) is 5.75 Å². The third kappa shape index (κ3) is 2.79. The highest BCUT2D eigenvalue weighted by Gasteiger charge is 2.22. The van der Waals surface area contributed by atoms with Crippen LogP contribution in [0.2, 0.25) is 0 Å². The minimum atomic E-state index is 0.117. The summed E-state index contributed by atoms with van der Waals surface area (Å²) in [6.07, 6.45) is 1.22. The van der Waals surface area contributed by atoms with Crippen LogP contribution in [-0.2, 0) is 6.42 Å². The zero-order valence-corrected chi connectivity index (χ0v) is 11.3. The van der Waals surface area contributed by atoms with Gasteiger partial charge in [0.05, 0.1) is 0 Å². The van der Waals surface area contributed by atoms with Gasteiger partial charge >= 0.3 is 0 Å². The average Bonchev–Trinajstić information content (AvgIpc) is 2.60. The van der Waals surface area contributed by atoms with Crippen LogP contribution in [0.4, 0.5) is 0 Å². The van der Waals surface area contributed by atoms with Gasteiger partial charge in [0, 0.05) is 13.1 Å². The van der Waals surface area contributed by atoms with E-state index in [1.54, 1.807) is 0 Å². The highest BCUT2D eigenvalue weighted by atomic mass is 16.5. The van der Waals surface area contributed by atoms with Crippen LogP contribution in [0.3, 0.4) is 0 Å². The number of hydrogen-bond donors (Lipinski definition) is 0. The first-order valence-electron chi connectivity index (χ1n) is 6.81. The third-order valence-corrected chi connectivity index (χ3v) is 3.66. The van der Waals surface area contributed by atoms with Crippen molar-refractivity contribution in [1.82, 2.24) is 4.90 Å². The molecule has 1 aliphatic heterocycles. The van der Waals surface area contributed by atoms with Crippen molar-refractivity contribution in [2.45, 2.75) is 12.5 Å². The fourth-order valence-electron chi connectivity index (χ4n) is 2.62. The molecule has 1 aliphatic rings. The molecule has 0 amide bonds. The minimum Gasteiger partial charge on any atom is -0.484 e. The Bertz CT molecular complexity index is 538. The van der Waals surface area contributed by atoms with Crippen LogP contribution in [0.25, 0.3) is 0 Å². The largest absolute Gasteiger partial charge is 0.484 e. The molecule has 0 spiro atoms. The Morgan fingerprint density at radius 2 is 1.74 bits per heavy atom. The Balaban J connectivity index is 1.90. The topological polar surface area (TPSA) is 12.5 Å². The third-order valence-electron chi connectivity index (χ3n) is 3.66. The van der Waals surface area contributed by atoms with E-state index in [2.05, 4.69) is 36.2 Å². The van der Waals surface area contributed by atoms with Gasteiger partial charge in [-0.3, -0.25) is 0 Å². The summed E-state index contributed by atoms with van der Waals surface area (Å²) in [5.41, 5.74) is 2.74. The van der Waals surface area contributed by atoms with Crippen LogP contribution in [-0.4, -0.2) is 25.0 Å². The maximum Gasteiger partial charge on any atom is 0.137 e. The molecule has 0 bridgehead atoms. The molecule has 1 unspecified atom stereocenters. The Hall–Kier alpha value is -1.80. The van der Waals surface area contributed by atoms with E-state index in [0.717, 1.165) is 25.3 Å². The van der Waals surface area contributed by atoms with E-state index in [1.165, 1.54) is 11.1 Å². The molecule has 2 aromatic carbocycles. The first kappa shape index (κ1) is 12.2. The van der Waals surface area contributed by atoms with E-state index < -0.39 is 0 Å². The number of nitrogens with zero attached hydrogens (tertiary/aromatic N) is 1. The molecule has 2 heteroatoms. The molecule has 0 saturated heterocycles. The average molecular weight is 253 g/mol. The van der Waals surface area contributed by atoms with Crippen molar-refractivity contribution < 1.29 is 4.74 Å². The lowest BCUT2D eigenvalue weighted by molar-refractivity contribution is 0.156. The number of fused-ring (bicyclic) bond motifs is 1. The molecule has 1 atom stereocenters. The van der Waals surface area contributed by atoms with Gasteiger partial charge < -0.3 is 9.64 Å². The lowest BCUT2D eigenvalue weighted by Gasteiger charge is -2.22. The predicted octanol–water partition coefficient (Wildman–Crippen LogP) is 3.29. The van der Waals surface area contributed by atoms with Crippen LogP contribution in [0, 0.1) is 0 Å². The summed E-state index contributed by atoms with van der Waals surface area (Å²) in [5.74, 6) is 0.942. The van der Waals surface area contributed by atoms with Crippen molar-refractivity contribution in [3.63, 3.8) is 0 Å². The fourth-order valence-corrected chi connectivity index (χ4v) is 2.62. The standard InChI is InChI=1S/C17H19NO/c1-18-12-11-14-7-5-6-10-16(14)17(13-18)19-15-8-3-2-4-9-15/h2-10,17H,11-13H2,1H3. The molecular formula is C17H19NO. The smallest absolute Gasteiger partial charge is 0.137 e. The van der Waals surface area contributed by atoms with Gasteiger partial charge in [-0.15, -0.1) is 0 Å². The summed E-state index contributed by atoms with van der Waals surface area (Å²) in [7, 11) is 2.16. The van der Waals surface area contributed by atoms with E-state index in [0.29, 0.717) is 0 Å². The quantitative estimate of drug-likeness (QED) is 0.814. The second kappa shape index (κ2) is 5.45. The maximum atomic E-state index is 6.19. The van der Waals surface area contributed by atoms with Gasteiger partial charge in [0.15, 0.2) is 0 Å². The van der Waals surface area contributed by atoms with Gasteiger partial charge in [-0.05, 0) is 36.7 Å². The van der Waals surface area contributed by atoms with Gasteiger partial charge in [-0.25, -0.2) is 0 Å². The van der Waals surface area contributed by atoms with Crippen molar-refractivity contribution in [1.29, 1.82) is 0 Å². The van der Waals surface area contributed by atoms with Gasteiger partial charge in [0.25, 0.3) is 0 Å². The molecule has 0 saturated carbocycles. The molecule has 0 N–H and O–H groups in total. The van der Waals surface area contributed by atoms with Crippen molar-refractivity contribution in [3.8, 4) is 5.75 Å². The van der Waals surface area contributed by atoms with E-state index in [4.69, 9.17) is 4.74 Å². The molecule has 1 heterocycles. The second-order valence-electron chi connectivity index (χ2n) is 5.13. The SMILES string of the molecule is CN1CCc2ccccc2C(Oc2ccccc2)C1. The van der Waals surface area contributed by atoms with Gasteiger partial charge in [-0.2, -0.15) is 0 Å². The molecule has 3 rings (SSSR count).